The number of nitrogens with one attached hydrogen (secondary N) is 2. The minimum atomic E-state index is -0.366. The highest BCUT2D eigenvalue weighted by Gasteiger charge is 2.20. The van der Waals surface area contributed by atoms with Gasteiger partial charge in [-0.25, -0.2) is 4.79 Å². The Morgan fingerprint density at radius 1 is 1.35 bits per heavy atom. The molecular weight excluding hydrogens is 256 g/mol. The number of carbonyl (C=O) groups excluding carboxylic acids is 2. The van der Waals surface area contributed by atoms with Crippen LogP contribution in [0.5, 0.6) is 0 Å². The summed E-state index contributed by atoms with van der Waals surface area (Å²) >= 11 is 0. The lowest BCUT2D eigenvalue weighted by atomic mass is 10.0. The van der Waals surface area contributed by atoms with Crippen LogP contribution in [0.3, 0.4) is 0 Å². The predicted molar refractivity (Wildman–Crippen MR) is 76.8 cm³/mol. The predicted octanol–water partition coefficient (Wildman–Crippen LogP) is 1.86. The van der Waals surface area contributed by atoms with E-state index < -0.39 is 0 Å². The third-order valence-electron chi connectivity index (χ3n) is 3.53. The molecule has 1 atom stereocenters. The lowest BCUT2D eigenvalue weighted by Gasteiger charge is -2.22. The number of rotatable bonds is 3. The van der Waals surface area contributed by atoms with Gasteiger partial charge in [0, 0.05) is 5.69 Å². The van der Waals surface area contributed by atoms with Gasteiger partial charge in [-0.1, -0.05) is 6.42 Å². The second-order valence-electron chi connectivity index (χ2n) is 5.01. The Morgan fingerprint density at radius 3 is 2.75 bits per heavy atom. The normalized spacial score (nSPS) is 18.4. The van der Waals surface area contributed by atoms with E-state index in [4.69, 9.17) is 4.74 Å². The van der Waals surface area contributed by atoms with Crippen molar-refractivity contribution in [3.05, 3.63) is 29.3 Å². The molecule has 2 N–H and O–H groups in total. The summed E-state index contributed by atoms with van der Waals surface area (Å²) < 4.78 is 4.70. The van der Waals surface area contributed by atoms with Gasteiger partial charge in [0.1, 0.15) is 0 Å². The Labute approximate surface area is 118 Å². The van der Waals surface area contributed by atoms with Gasteiger partial charge in [-0.15, -0.1) is 0 Å². The zero-order valence-electron chi connectivity index (χ0n) is 11.9. The van der Waals surface area contributed by atoms with Crippen LogP contribution in [0.15, 0.2) is 18.2 Å². The van der Waals surface area contributed by atoms with E-state index in [1.165, 1.54) is 7.11 Å². The van der Waals surface area contributed by atoms with E-state index in [1.54, 1.807) is 18.2 Å². The van der Waals surface area contributed by atoms with Crippen molar-refractivity contribution in [2.75, 3.05) is 19.0 Å². The fourth-order valence-electron chi connectivity index (χ4n) is 2.39. The number of hydrogen-bond acceptors (Lipinski definition) is 4. The molecule has 5 nitrogen and oxygen atoms in total. The number of aryl methyl sites for hydroxylation is 1. The molecule has 1 aliphatic rings. The number of carbonyl (C=O) groups is 2. The van der Waals surface area contributed by atoms with E-state index in [0.717, 1.165) is 31.4 Å². The number of amides is 1. The molecule has 0 bridgehead atoms. The van der Waals surface area contributed by atoms with E-state index in [2.05, 4.69) is 10.6 Å². The molecule has 1 aromatic rings. The standard InChI is InChI=1S/C15H20N2O3/c1-10-9-11(6-7-12(10)15(19)20-2)17-14(18)13-5-3-4-8-16-13/h6-7,9,13,16H,3-5,8H2,1-2H3,(H,17,18). The van der Waals surface area contributed by atoms with Crippen LogP contribution >= 0.6 is 0 Å². The molecule has 0 aromatic heterocycles. The van der Waals surface area contributed by atoms with Crippen LogP contribution in [-0.4, -0.2) is 31.6 Å². The number of hydrogen-bond donors (Lipinski definition) is 2. The van der Waals surface area contributed by atoms with Gasteiger partial charge >= 0.3 is 5.97 Å². The highest BCUT2D eigenvalue weighted by molar-refractivity contribution is 5.96. The first-order valence-corrected chi connectivity index (χ1v) is 6.85. The van der Waals surface area contributed by atoms with Crippen molar-refractivity contribution in [2.24, 2.45) is 0 Å². The van der Waals surface area contributed by atoms with Gasteiger partial charge in [-0.2, -0.15) is 0 Å². The summed E-state index contributed by atoms with van der Waals surface area (Å²) in [5.74, 6) is -0.385. The maximum absolute atomic E-state index is 12.1. The van der Waals surface area contributed by atoms with Gasteiger partial charge in [0.25, 0.3) is 0 Å². The second-order valence-corrected chi connectivity index (χ2v) is 5.01. The first-order chi connectivity index (χ1) is 9.61. The summed E-state index contributed by atoms with van der Waals surface area (Å²) in [6.45, 7) is 2.71. The first-order valence-electron chi connectivity index (χ1n) is 6.85. The zero-order valence-corrected chi connectivity index (χ0v) is 11.9. The van der Waals surface area contributed by atoms with Gasteiger partial charge < -0.3 is 15.4 Å². The Bertz CT molecular complexity index is 508. The van der Waals surface area contributed by atoms with Crippen molar-refractivity contribution in [3.63, 3.8) is 0 Å². The molecule has 1 saturated heterocycles. The molecule has 1 heterocycles. The average Bonchev–Trinajstić information content (AvgIpc) is 2.47. The SMILES string of the molecule is COC(=O)c1ccc(NC(=O)C2CCCCN2)cc1C. The Morgan fingerprint density at radius 2 is 2.15 bits per heavy atom. The van der Waals surface area contributed by atoms with Gasteiger partial charge in [0.2, 0.25) is 5.91 Å². The topological polar surface area (TPSA) is 67.4 Å². The monoisotopic (exact) mass is 276 g/mol. The van der Waals surface area contributed by atoms with E-state index in [-0.39, 0.29) is 17.9 Å². The van der Waals surface area contributed by atoms with Gasteiger partial charge in [0.05, 0.1) is 18.7 Å². The summed E-state index contributed by atoms with van der Waals surface area (Å²) in [4.78, 5) is 23.6. The quantitative estimate of drug-likeness (QED) is 0.827. The maximum Gasteiger partial charge on any atom is 0.338 e. The van der Waals surface area contributed by atoms with Crippen molar-refractivity contribution in [1.82, 2.24) is 5.32 Å². The molecule has 1 aromatic carbocycles. The van der Waals surface area contributed by atoms with E-state index >= 15 is 0 Å². The van der Waals surface area contributed by atoms with Crippen LogP contribution in [0.2, 0.25) is 0 Å². The van der Waals surface area contributed by atoms with E-state index in [0.29, 0.717) is 11.3 Å². The van der Waals surface area contributed by atoms with Crippen molar-refractivity contribution in [1.29, 1.82) is 0 Å². The molecule has 1 fully saturated rings. The Balaban J connectivity index is 2.04. The second kappa shape index (κ2) is 6.52. The number of esters is 1. The van der Waals surface area contributed by atoms with Crippen molar-refractivity contribution < 1.29 is 14.3 Å². The molecule has 0 aliphatic carbocycles. The van der Waals surface area contributed by atoms with Gasteiger partial charge in [-0.3, -0.25) is 4.79 Å². The summed E-state index contributed by atoms with van der Waals surface area (Å²) in [5.41, 5.74) is 2.00. The Hall–Kier alpha value is -1.88. The van der Waals surface area contributed by atoms with Crippen LogP contribution < -0.4 is 10.6 Å². The largest absolute Gasteiger partial charge is 0.465 e. The lowest BCUT2D eigenvalue weighted by molar-refractivity contribution is -0.118. The number of methoxy groups -OCH3 is 1. The van der Waals surface area contributed by atoms with E-state index in [1.807, 2.05) is 6.92 Å². The number of ether oxygens (including phenoxy) is 1. The molecule has 0 saturated carbocycles. The van der Waals surface area contributed by atoms with Gasteiger partial charge in [-0.05, 0) is 50.1 Å². The van der Waals surface area contributed by atoms with Crippen LogP contribution in [0, 0.1) is 6.92 Å². The molecule has 108 valence electrons. The van der Waals surface area contributed by atoms with Crippen LogP contribution in [-0.2, 0) is 9.53 Å². The molecule has 20 heavy (non-hydrogen) atoms. The van der Waals surface area contributed by atoms with Crippen molar-refractivity contribution >= 4 is 17.6 Å². The summed E-state index contributed by atoms with van der Waals surface area (Å²) in [6, 6.07) is 5.06. The third kappa shape index (κ3) is 3.36. The number of piperidine rings is 1. The molecule has 0 radical (unpaired) electrons. The summed E-state index contributed by atoms with van der Waals surface area (Å²) in [7, 11) is 1.35. The summed E-state index contributed by atoms with van der Waals surface area (Å²) in [6.07, 6.45) is 3.06. The highest BCUT2D eigenvalue weighted by Crippen LogP contribution is 2.17. The van der Waals surface area contributed by atoms with Gasteiger partial charge in [0.15, 0.2) is 0 Å². The molecule has 5 heteroatoms. The molecular formula is C15H20N2O3. The average molecular weight is 276 g/mol. The van der Waals surface area contributed by atoms with Crippen molar-refractivity contribution in [2.45, 2.75) is 32.2 Å². The number of anilines is 1. The minimum Gasteiger partial charge on any atom is -0.465 e. The molecule has 0 spiro atoms. The molecule has 1 amide bonds. The number of benzene rings is 1. The van der Waals surface area contributed by atoms with Crippen LogP contribution in [0.25, 0.3) is 0 Å². The fraction of sp³-hybridized carbons (Fsp3) is 0.467. The minimum absolute atomic E-state index is 0.0186. The third-order valence-corrected chi connectivity index (χ3v) is 3.53. The lowest BCUT2D eigenvalue weighted by Crippen LogP contribution is -2.43. The maximum atomic E-state index is 12.1. The van der Waals surface area contributed by atoms with E-state index in [9.17, 15) is 9.59 Å². The molecule has 1 unspecified atom stereocenters. The smallest absolute Gasteiger partial charge is 0.338 e. The first kappa shape index (κ1) is 14.5. The van der Waals surface area contributed by atoms with Crippen LogP contribution in [0.4, 0.5) is 5.69 Å². The zero-order chi connectivity index (χ0) is 14.5. The highest BCUT2D eigenvalue weighted by atomic mass is 16.5. The van der Waals surface area contributed by atoms with Crippen molar-refractivity contribution in [3.8, 4) is 0 Å². The fourth-order valence-corrected chi connectivity index (χ4v) is 2.39. The molecule has 1 aliphatic heterocycles. The van der Waals surface area contributed by atoms with Crippen LogP contribution in [0.1, 0.15) is 35.2 Å². The Kier molecular flexibility index (Phi) is 4.74. The molecule has 2 rings (SSSR count). The summed E-state index contributed by atoms with van der Waals surface area (Å²) in [5, 5.41) is 6.09.